The molecule has 1 atom stereocenters. The van der Waals surface area contributed by atoms with Gasteiger partial charge in [-0.05, 0) is 58.5 Å². The second kappa shape index (κ2) is 10.2. The smallest absolute Gasteiger partial charge is 0.0736 e. The molecule has 1 aromatic carbocycles. The van der Waals surface area contributed by atoms with E-state index in [-0.39, 0.29) is 0 Å². The molecule has 0 amide bonds. The minimum Gasteiger partial charge on any atom is -0.360 e. The summed E-state index contributed by atoms with van der Waals surface area (Å²) < 4.78 is 1.24. The molecular formula is C27H32BrNS. The molecule has 2 aliphatic rings. The predicted molar refractivity (Wildman–Crippen MR) is 137 cm³/mol. The maximum atomic E-state index is 3.80. The summed E-state index contributed by atoms with van der Waals surface area (Å²) in [4.78, 5) is 4.07. The highest BCUT2D eigenvalue weighted by Crippen LogP contribution is 2.47. The van der Waals surface area contributed by atoms with Gasteiger partial charge in [0.15, 0.2) is 0 Å². The van der Waals surface area contributed by atoms with Crippen molar-refractivity contribution in [3.8, 4) is 0 Å². The number of hydrogen-bond donors (Lipinski definition) is 0. The van der Waals surface area contributed by atoms with Gasteiger partial charge in [0.25, 0.3) is 0 Å². The van der Waals surface area contributed by atoms with Crippen LogP contribution in [0.3, 0.4) is 0 Å². The van der Waals surface area contributed by atoms with Gasteiger partial charge in [0, 0.05) is 28.2 Å². The van der Waals surface area contributed by atoms with E-state index in [2.05, 4.69) is 89.3 Å². The lowest BCUT2D eigenvalue weighted by atomic mass is 9.83. The number of hydrogen-bond acceptors (Lipinski definition) is 2. The van der Waals surface area contributed by atoms with E-state index in [0.29, 0.717) is 6.04 Å². The molecule has 1 aliphatic heterocycles. The third-order valence-electron chi connectivity index (χ3n) is 6.16. The lowest BCUT2D eigenvalue weighted by Crippen LogP contribution is -2.40. The van der Waals surface area contributed by atoms with E-state index in [4.69, 9.17) is 0 Å². The number of unbranched alkanes of at least 4 members (excludes halogenated alkanes) is 4. The Morgan fingerprint density at radius 3 is 2.67 bits per heavy atom. The zero-order valence-corrected chi connectivity index (χ0v) is 20.6. The first kappa shape index (κ1) is 21.6. The van der Waals surface area contributed by atoms with Crippen molar-refractivity contribution in [2.45, 2.75) is 64.8 Å². The Labute approximate surface area is 194 Å². The molecule has 4 rings (SSSR count). The van der Waals surface area contributed by atoms with Crippen LogP contribution < -0.4 is 4.90 Å². The first-order valence-corrected chi connectivity index (χ1v) is 13.1. The number of benzene rings is 1. The number of rotatable bonds is 9. The minimum atomic E-state index is 0.334. The molecule has 1 unspecified atom stereocenters. The standard InChI is InChI=1S/C27H32BrNS/c1-3-5-7-8-13-20-19-25(28)30-27(20)26-21-14-9-11-16-23(21)29(18-6-4-2)24-17-12-10-15-22(24)26/h9-12,14-17,19,23H,3-8,13,18H2,1-2H3. The normalized spacial score (nSPS) is 17.4. The fraction of sp³-hybridized carbons (Fsp3) is 0.407. The van der Waals surface area contributed by atoms with Gasteiger partial charge in [0.05, 0.1) is 9.83 Å². The van der Waals surface area contributed by atoms with E-state index in [9.17, 15) is 0 Å². The number of thiophene rings is 1. The molecule has 30 heavy (non-hydrogen) atoms. The third kappa shape index (κ3) is 4.38. The summed E-state index contributed by atoms with van der Waals surface area (Å²) in [6, 6.07) is 11.7. The van der Waals surface area contributed by atoms with Crippen molar-refractivity contribution in [3.63, 3.8) is 0 Å². The maximum Gasteiger partial charge on any atom is 0.0736 e. The highest BCUT2D eigenvalue weighted by molar-refractivity contribution is 9.11. The largest absolute Gasteiger partial charge is 0.360 e. The molecule has 0 N–H and O–H groups in total. The van der Waals surface area contributed by atoms with Gasteiger partial charge in [-0.25, -0.2) is 0 Å². The molecule has 0 saturated heterocycles. The SMILES string of the molecule is CCCCCCc1cc(Br)sc1C1=C2C=CC=CC2N(CCCC)c2ccccc21. The van der Waals surface area contributed by atoms with Crippen LogP contribution in [0.2, 0.25) is 0 Å². The second-order valence-corrected chi connectivity index (χ2v) is 10.7. The molecule has 2 heterocycles. The number of aryl methyl sites for hydroxylation is 1. The van der Waals surface area contributed by atoms with Crippen molar-refractivity contribution >= 4 is 38.5 Å². The van der Waals surface area contributed by atoms with Gasteiger partial charge >= 0.3 is 0 Å². The van der Waals surface area contributed by atoms with Gasteiger partial charge < -0.3 is 4.90 Å². The summed E-state index contributed by atoms with van der Waals surface area (Å²) >= 11 is 5.71. The van der Waals surface area contributed by atoms with Crippen molar-refractivity contribution in [1.82, 2.24) is 0 Å². The van der Waals surface area contributed by atoms with Crippen LogP contribution in [-0.2, 0) is 6.42 Å². The number of fused-ring (bicyclic) bond motifs is 2. The molecule has 0 spiro atoms. The average molecular weight is 483 g/mol. The lowest BCUT2D eigenvalue weighted by molar-refractivity contribution is 0.667. The van der Waals surface area contributed by atoms with Gasteiger partial charge in [0.2, 0.25) is 0 Å². The molecular weight excluding hydrogens is 450 g/mol. The van der Waals surface area contributed by atoms with Crippen LogP contribution in [0.15, 0.2) is 64.0 Å². The zero-order chi connectivity index (χ0) is 20.9. The molecule has 1 aromatic heterocycles. The summed E-state index contributed by atoms with van der Waals surface area (Å²) in [5, 5.41) is 0. The Morgan fingerprint density at radius 2 is 1.83 bits per heavy atom. The van der Waals surface area contributed by atoms with Gasteiger partial charge in [-0.1, -0.05) is 82.0 Å². The van der Waals surface area contributed by atoms with Crippen LogP contribution in [0.1, 0.15) is 68.4 Å². The highest BCUT2D eigenvalue weighted by atomic mass is 79.9. The van der Waals surface area contributed by atoms with Gasteiger partial charge in [-0.15, -0.1) is 11.3 Å². The van der Waals surface area contributed by atoms with E-state index < -0.39 is 0 Å². The van der Waals surface area contributed by atoms with Crippen LogP contribution in [0.4, 0.5) is 5.69 Å². The molecule has 2 aromatic rings. The monoisotopic (exact) mass is 481 g/mol. The van der Waals surface area contributed by atoms with Gasteiger partial charge in [-0.2, -0.15) is 0 Å². The van der Waals surface area contributed by atoms with Crippen LogP contribution >= 0.6 is 27.3 Å². The molecule has 0 bridgehead atoms. The summed E-state index contributed by atoms with van der Waals surface area (Å²) in [5.41, 5.74) is 7.19. The van der Waals surface area contributed by atoms with Gasteiger partial charge in [-0.3, -0.25) is 0 Å². The quantitative estimate of drug-likeness (QED) is 0.324. The predicted octanol–water partition coefficient (Wildman–Crippen LogP) is 8.55. The molecule has 158 valence electrons. The van der Waals surface area contributed by atoms with E-state index in [1.807, 2.05) is 11.3 Å². The first-order chi connectivity index (χ1) is 14.7. The number of anilines is 1. The van der Waals surface area contributed by atoms with Crippen molar-refractivity contribution in [3.05, 3.63) is 80.0 Å². The second-order valence-electron chi connectivity index (χ2n) is 8.30. The van der Waals surface area contributed by atoms with Crippen LogP contribution in [-0.4, -0.2) is 12.6 Å². The van der Waals surface area contributed by atoms with E-state index >= 15 is 0 Å². The highest BCUT2D eigenvalue weighted by Gasteiger charge is 2.32. The van der Waals surface area contributed by atoms with Gasteiger partial charge in [0.1, 0.15) is 0 Å². The topological polar surface area (TPSA) is 3.24 Å². The summed E-state index contributed by atoms with van der Waals surface area (Å²) in [7, 11) is 0. The Morgan fingerprint density at radius 1 is 1.00 bits per heavy atom. The van der Waals surface area contributed by atoms with Crippen molar-refractivity contribution < 1.29 is 0 Å². The first-order valence-electron chi connectivity index (χ1n) is 11.5. The Balaban J connectivity index is 1.80. The number of nitrogens with zero attached hydrogens (tertiary/aromatic N) is 1. The molecule has 0 radical (unpaired) electrons. The summed E-state index contributed by atoms with van der Waals surface area (Å²) in [6.45, 7) is 5.67. The maximum absolute atomic E-state index is 3.80. The van der Waals surface area contributed by atoms with Crippen LogP contribution in [0.25, 0.3) is 5.57 Å². The van der Waals surface area contributed by atoms with Crippen molar-refractivity contribution in [1.29, 1.82) is 0 Å². The molecule has 1 aliphatic carbocycles. The Hall–Kier alpha value is -1.58. The molecule has 1 nitrogen and oxygen atoms in total. The number of halogens is 1. The number of para-hydroxylation sites is 1. The molecule has 3 heteroatoms. The van der Waals surface area contributed by atoms with Crippen molar-refractivity contribution in [2.75, 3.05) is 11.4 Å². The van der Waals surface area contributed by atoms with E-state index in [0.717, 1.165) is 6.54 Å². The van der Waals surface area contributed by atoms with E-state index in [1.165, 1.54) is 81.6 Å². The fourth-order valence-corrected chi connectivity index (χ4v) is 6.43. The number of allylic oxidation sites excluding steroid dienone is 2. The zero-order valence-electron chi connectivity index (χ0n) is 18.2. The average Bonchev–Trinajstić information content (AvgIpc) is 3.14. The van der Waals surface area contributed by atoms with E-state index in [1.54, 1.807) is 0 Å². The third-order valence-corrected chi connectivity index (χ3v) is 7.86. The van der Waals surface area contributed by atoms with Crippen molar-refractivity contribution in [2.24, 2.45) is 0 Å². The summed E-state index contributed by atoms with van der Waals surface area (Å²) in [6.07, 6.45) is 18.0. The Bertz CT molecular complexity index is 965. The minimum absolute atomic E-state index is 0.334. The summed E-state index contributed by atoms with van der Waals surface area (Å²) in [5.74, 6) is 0. The van der Waals surface area contributed by atoms with Crippen LogP contribution in [0.5, 0.6) is 0 Å². The Kier molecular flexibility index (Phi) is 7.32. The lowest BCUT2D eigenvalue weighted by Gasteiger charge is -2.40. The molecule has 0 fully saturated rings. The molecule has 0 saturated carbocycles. The fourth-order valence-electron chi connectivity index (χ4n) is 4.65. The van der Waals surface area contributed by atoms with Crippen LogP contribution in [0, 0.1) is 0 Å².